The van der Waals surface area contributed by atoms with Gasteiger partial charge in [0.25, 0.3) is 0 Å². The van der Waals surface area contributed by atoms with Crippen molar-refractivity contribution >= 4 is 23.4 Å². The van der Waals surface area contributed by atoms with E-state index in [9.17, 15) is 5.11 Å². The summed E-state index contributed by atoms with van der Waals surface area (Å²) in [5.74, 6) is 1.74. The van der Waals surface area contributed by atoms with Gasteiger partial charge in [-0.1, -0.05) is 18.7 Å². The minimum atomic E-state index is -0.152. The number of nitrogens with zero attached hydrogens (tertiary/aromatic N) is 3. The highest BCUT2D eigenvalue weighted by molar-refractivity contribution is 7.98. The zero-order chi connectivity index (χ0) is 15.2. The second-order valence-electron chi connectivity index (χ2n) is 5.16. The van der Waals surface area contributed by atoms with Crippen molar-refractivity contribution in [2.45, 2.75) is 37.6 Å². The third-order valence-corrected chi connectivity index (χ3v) is 3.98. The van der Waals surface area contributed by atoms with Crippen molar-refractivity contribution in [2.75, 3.05) is 42.8 Å². The standard InChI is InChI=1S/C14H24N4O2S/c1-4-5-15-12-6-13(17-14(16-12)21-3)18-7-11(8-19)20-9-10(18)2/h6,10-11,19H,4-5,7-9H2,1-3H3,(H,15,16,17). The zero-order valence-electron chi connectivity index (χ0n) is 12.9. The molecule has 0 aliphatic carbocycles. The first-order chi connectivity index (χ1) is 10.2. The number of rotatable bonds is 6. The van der Waals surface area contributed by atoms with E-state index in [0.717, 1.165) is 29.8 Å². The second-order valence-corrected chi connectivity index (χ2v) is 5.94. The van der Waals surface area contributed by atoms with Crippen molar-refractivity contribution in [3.05, 3.63) is 6.07 Å². The van der Waals surface area contributed by atoms with Crippen LogP contribution in [-0.2, 0) is 4.74 Å². The van der Waals surface area contributed by atoms with E-state index in [1.54, 1.807) is 0 Å². The number of nitrogens with one attached hydrogen (secondary N) is 1. The molecule has 21 heavy (non-hydrogen) atoms. The Morgan fingerprint density at radius 3 is 3.00 bits per heavy atom. The van der Waals surface area contributed by atoms with E-state index in [4.69, 9.17) is 4.74 Å². The average Bonchev–Trinajstić information content (AvgIpc) is 2.53. The molecule has 0 radical (unpaired) electrons. The van der Waals surface area contributed by atoms with Gasteiger partial charge in [-0.25, -0.2) is 9.97 Å². The van der Waals surface area contributed by atoms with Crippen molar-refractivity contribution in [3.63, 3.8) is 0 Å². The minimum absolute atomic E-state index is 0.0324. The summed E-state index contributed by atoms with van der Waals surface area (Å²) >= 11 is 1.53. The maximum atomic E-state index is 9.31. The predicted molar refractivity (Wildman–Crippen MR) is 86.2 cm³/mol. The van der Waals surface area contributed by atoms with Gasteiger partial charge in [-0.05, 0) is 19.6 Å². The Hall–Kier alpha value is -1.05. The fourth-order valence-corrected chi connectivity index (χ4v) is 2.62. The van der Waals surface area contributed by atoms with E-state index in [1.807, 2.05) is 12.3 Å². The summed E-state index contributed by atoms with van der Waals surface area (Å²) in [6.45, 7) is 6.40. The lowest BCUT2D eigenvalue weighted by Crippen LogP contribution is -2.50. The van der Waals surface area contributed by atoms with Crippen LogP contribution in [0.4, 0.5) is 11.6 Å². The van der Waals surface area contributed by atoms with E-state index >= 15 is 0 Å². The molecule has 2 rings (SSSR count). The Balaban J connectivity index is 2.23. The summed E-state index contributed by atoms with van der Waals surface area (Å²) in [4.78, 5) is 11.3. The van der Waals surface area contributed by atoms with Crippen LogP contribution in [0.3, 0.4) is 0 Å². The SMILES string of the molecule is CCCNc1cc(N2CC(CO)OCC2C)nc(SC)n1. The second kappa shape index (κ2) is 7.82. The topological polar surface area (TPSA) is 70.5 Å². The molecule has 1 saturated heterocycles. The first kappa shape index (κ1) is 16.3. The van der Waals surface area contributed by atoms with Crippen molar-refractivity contribution in [2.24, 2.45) is 0 Å². The van der Waals surface area contributed by atoms with Crippen LogP contribution in [0.1, 0.15) is 20.3 Å². The molecule has 1 aliphatic heterocycles. The summed E-state index contributed by atoms with van der Waals surface area (Å²) < 4.78 is 5.59. The van der Waals surface area contributed by atoms with Crippen molar-refractivity contribution < 1.29 is 9.84 Å². The Bertz CT molecular complexity index is 461. The molecule has 1 aromatic rings. The molecule has 1 fully saturated rings. The summed E-state index contributed by atoms with van der Waals surface area (Å²) in [6.07, 6.45) is 2.87. The predicted octanol–water partition coefficient (Wildman–Crippen LogP) is 1.61. The molecule has 2 atom stereocenters. The van der Waals surface area contributed by atoms with Gasteiger partial charge < -0.3 is 20.1 Å². The number of ether oxygens (including phenoxy) is 1. The van der Waals surface area contributed by atoms with Gasteiger partial charge in [-0.15, -0.1) is 0 Å². The zero-order valence-corrected chi connectivity index (χ0v) is 13.7. The molecule has 6 nitrogen and oxygen atoms in total. The van der Waals surface area contributed by atoms with Crippen molar-refractivity contribution in [1.29, 1.82) is 0 Å². The van der Waals surface area contributed by atoms with E-state index in [1.165, 1.54) is 11.8 Å². The van der Waals surface area contributed by atoms with Gasteiger partial charge in [0, 0.05) is 19.2 Å². The molecule has 0 amide bonds. The third-order valence-electron chi connectivity index (χ3n) is 3.43. The van der Waals surface area contributed by atoms with Gasteiger partial charge in [0.05, 0.1) is 25.4 Å². The Morgan fingerprint density at radius 1 is 1.52 bits per heavy atom. The molecule has 2 unspecified atom stereocenters. The van der Waals surface area contributed by atoms with Gasteiger partial charge >= 0.3 is 0 Å². The van der Waals surface area contributed by atoms with Gasteiger partial charge in [0.1, 0.15) is 11.6 Å². The quantitative estimate of drug-likeness (QED) is 0.611. The van der Waals surface area contributed by atoms with Crippen LogP contribution in [0.25, 0.3) is 0 Å². The minimum Gasteiger partial charge on any atom is -0.394 e. The Morgan fingerprint density at radius 2 is 2.33 bits per heavy atom. The monoisotopic (exact) mass is 312 g/mol. The molecular weight excluding hydrogens is 288 g/mol. The molecule has 118 valence electrons. The van der Waals surface area contributed by atoms with Crippen LogP contribution in [0.15, 0.2) is 11.2 Å². The number of aliphatic hydroxyl groups excluding tert-OH is 1. The van der Waals surface area contributed by atoms with Gasteiger partial charge in [-0.2, -0.15) is 0 Å². The maximum absolute atomic E-state index is 9.31. The lowest BCUT2D eigenvalue weighted by atomic mass is 10.2. The first-order valence-electron chi connectivity index (χ1n) is 7.34. The molecule has 2 N–H and O–H groups in total. The normalized spacial score (nSPS) is 22.4. The maximum Gasteiger partial charge on any atom is 0.191 e. The largest absolute Gasteiger partial charge is 0.394 e. The van der Waals surface area contributed by atoms with Crippen LogP contribution in [0.2, 0.25) is 0 Å². The molecule has 7 heteroatoms. The smallest absolute Gasteiger partial charge is 0.191 e. The number of aliphatic hydroxyl groups is 1. The summed E-state index contributed by atoms with van der Waals surface area (Å²) in [7, 11) is 0. The number of hydrogen-bond donors (Lipinski definition) is 2. The highest BCUT2D eigenvalue weighted by Gasteiger charge is 2.27. The van der Waals surface area contributed by atoms with Gasteiger partial charge in [0.2, 0.25) is 0 Å². The summed E-state index contributed by atoms with van der Waals surface area (Å²) in [5, 5.41) is 13.4. The van der Waals surface area contributed by atoms with Crippen LogP contribution in [0.5, 0.6) is 0 Å². The number of morpholine rings is 1. The van der Waals surface area contributed by atoms with Gasteiger partial charge in [0.15, 0.2) is 5.16 Å². The highest BCUT2D eigenvalue weighted by Crippen LogP contribution is 2.24. The molecule has 0 bridgehead atoms. The number of aromatic nitrogens is 2. The number of hydrogen-bond acceptors (Lipinski definition) is 7. The molecule has 0 saturated carbocycles. The Labute approximate surface area is 130 Å². The van der Waals surface area contributed by atoms with Crippen LogP contribution < -0.4 is 10.2 Å². The van der Waals surface area contributed by atoms with Gasteiger partial charge in [-0.3, -0.25) is 0 Å². The van der Waals surface area contributed by atoms with Crippen LogP contribution in [0, 0.1) is 0 Å². The molecule has 0 aromatic carbocycles. The van der Waals surface area contributed by atoms with Crippen molar-refractivity contribution in [3.8, 4) is 0 Å². The van der Waals surface area contributed by atoms with E-state index in [0.29, 0.717) is 13.2 Å². The fourth-order valence-electron chi connectivity index (χ4n) is 2.24. The number of anilines is 2. The first-order valence-corrected chi connectivity index (χ1v) is 8.56. The fraction of sp³-hybridized carbons (Fsp3) is 0.714. The molecule has 1 aromatic heterocycles. The average molecular weight is 312 g/mol. The van der Waals surface area contributed by atoms with E-state index in [2.05, 4.69) is 34.0 Å². The summed E-state index contributed by atoms with van der Waals surface area (Å²) in [6, 6.07) is 2.21. The lowest BCUT2D eigenvalue weighted by molar-refractivity contribution is -0.0106. The molecule has 1 aliphatic rings. The molecule has 2 heterocycles. The molecular formula is C14H24N4O2S. The lowest BCUT2D eigenvalue weighted by Gasteiger charge is -2.38. The third kappa shape index (κ3) is 4.21. The van der Waals surface area contributed by atoms with Crippen molar-refractivity contribution in [1.82, 2.24) is 9.97 Å². The Kier molecular flexibility index (Phi) is 6.08. The highest BCUT2D eigenvalue weighted by atomic mass is 32.2. The van der Waals surface area contributed by atoms with E-state index in [-0.39, 0.29) is 18.8 Å². The van der Waals surface area contributed by atoms with Crippen LogP contribution in [-0.4, -0.2) is 59.8 Å². The summed E-state index contributed by atoms with van der Waals surface area (Å²) in [5.41, 5.74) is 0. The van der Waals surface area contributed by atoms with Crippen LogP contribution >= 0.6 is 11.8 Å². The number of thioether (sulfide) groups is 1. The van der Waals surface area contributed by atoms with E-state index < -0.39 is 0 Å². The molecule has 0 spiro atoms.